The summed E-state index contributed by atoms with van der Waals surface area (Å²) in [6.07, 6.45) is -2.24. The van der Waals surface area contributed by atoms with Crippen molar-refractivity contribution in [2.75, 3.05) is 18.4 Å². The minimum Gasteiger partial charge on any atom is -0.339 e. The number of pyridine rings is 2. The minimum atomic E-state index is -4.56. The van der Waals surface area contributed by atoms with E-state index in [1.54, 1.807) is 12.1 Å². The Labute approximate surface area is 170 Å². The molecule has 2 aromatic heterocycles. The predicted octanol–water partition coefficient (Wildman–Crippen LogP) is 3.95. The number of piperidine rings is 1. The Balaban J connectivity index is 1.59. The second-order valence-electron chi connectivity index (χ2n) is 6.74. The molecule has 3 rings (SSSR count). The summed E-state index contributed by atoms with van der Waals surface area (Å²) in [5.74, 6) is -0.478. The molecule has 0 atom stereocenters. The van der Waals surface area contributed by atoms with Gasteiger partial charge in [0, 0.05) is 25.2 Å². The molecule has 0 aromatic carbocycles. The molecule has 3 heterocycles. The van der Waals surface area contributed by atoms with E-state index in [4.69, 9.17) is 11.6 Å². The van der Waals surface area contributed by atoms with Gasteiger partial charge >= 0.3 is 6.18 Å². The zero-order chi connectivity index (χ0) is 21.2. The number of nitrogens with zero attached hydrogens (tertiary/aromatic N) is 3. The van der Waals surface area contributed by atoms with Crippen LogP contribution in [0.3, 0.4) is 0 Å². The van der Waals surface area contributed by atoms with Crippen LogP contribution in [0, 0.1) is 12.8 Å². The number of amides is 2. The van der Waals surface area contributed by atoms with E-state index in [1.165, 1.54) is 18.0 Å². The van der Waals surface area contributed by atoms with Crippen molar-refractivity contribution in [3.8, 4) is 0 Å². The Morgan fingerprint density at radius 3 is 2.41 bits per heavy atom. The van der Waals surface area contributed by atoms with Gasteiger partial charge in [-0.15, -0.1) is 0 Å². The molecule has 0 bridgehead atoms. The second kappa shape index (κ2) is 8.36. The van der Waals surface area contributed by atoms with Crippen LogP contribution in [0.5, 0.6) is 0 Å². The summed E-state index contributed by atoms with van der Waals surface area (Å²) in [5, 5.41) is 3.18. The number of anilines is 1. The van der Waals surface area contributed by atoms with Crippen LogP contribution in [0.15, 0.2) is 30.5 Å². The summed E-state index contributed by atoms with van der Waals surface area (Å²) >= 11 is 5.76. The van der Waals surface area contributed by atoms with Gasteiger partial charge in [0.05, 0.1) is 16.3 Å². The standard InChI is InChI=1S/C19H18ClF3N4O2/c1-11-14(3-4-15(25-11)19(21,22)23)18(29)27-8-6-12(7-9-27)17(28)26-16-5-2-13(20)10-24-16/h2-5,10,12H,6-9H2,1H3,(H,24,26,28). The first-order valence-electron chi connectivity index (χ1n) is 8.91. The van der Waals surface area contributed by atoms with Crippen molar-refractivity contribution in [1.82, 2.24) is 14.9 Å². The number of aromatic nitrogens is 2. The number of carbonyl (C=O) groups excluding carboxylic acids is 2. The van der Waals surface area contributed by atoms with Crippen molar-refractivity contribution in [2.45, 2.75) is 25.9 Å². The highest BCUT2D eigenvalue weighted by atomic mass is 35.5. The average molecular weight is 427 g/mol. The number of halogens is 4. The second-order valence-corrected chi connectivity index (χ2v) is 7.18. The van der Waals surface area contributed by atoms with Crippen LogP contribution in [0.4, 0.5) is 19.0 Å². The average Bonchev–Trinajstić information content (AvgIpc) is 2.68. The van der Waals surface area contributed by atoms with E-state index in [2.05, 4.69) is 15.3 Å². The molecule has 2 aromatic rings. The summed E-state index contributed by atoms with van der Waals surface area (Å²) in [5.41, 5.74) is -0.873. The van der Waals surface area contributed by atoms with E-state index in [1.807, 2.05) is 0 Å². The number of nitrogens with one attached hydrogen (secondary N) is 1. The Morgan fingerprint density at radius 2 is 1.86 bits per heavy atom. The van der Waals surface area contributed by atoms with Gasteiger partial charge < -0.3 is 10.2 Å². The van der Waals surface area contributed by atoms with E-state index in [9.17, 15) is 22.8 Å². The lowest BCUT2D eigenvalue weighted by Gasteiger charge is -2.31. The molecule has 0 radical (unpaired) electrons. The van der Waals surface area contributed by atoms with Crippen LogP contribution in [0.1, 0.15) is 34.6 Å². The lowest BCUT2D eigenvalue weighted by Crippen LogP contribution is -2.41. The number of aryl methyl sites for hydroxylation is 1. The highest BCUT2D eigenvalue weighted by molar-refractivity contribution is 6.30. The van der Waals surface area contributed by atoms with Crippen molar-refractivity contribution in [3.63, 3.8) is 0 Å². The monoisotopic (exact) mass is 426 g/mol. The molecule has 1 N–H and O–H groups in total. The maximum absolute atomic E-state index is 12.7. The van der Waals surface area contributed by atoms with Gasteiger partial charge in [0.2, 0.25) is 5.91 Å². The largest absolute Gasteiger partial charge is 0.433 e. The molecule has 1 saturated heterocycles. The van der Waals surface area contributed by atoms with Crippen LogP contribution >= 0.6 is 11.6 Å². The molecule has 154 valence electrons. The number of alkyl halides is 3. The van der Waals surface area contributed by atoms with Crippen molar-refractivity contribution in [1.29, 1.82) is 0 Å². The molecule has 0 unspecified atom stereocenters. The summed E-state index contributed by atoms with van der Waals surface area (Å²) < 4.78 is 38.2. The fourth-order valence-electron chi connectivity index (χ4n) is 3.14. The minimum absolute atomic E-state index is 0.0264. The number of rotatable bonds is 3. The fraction of sp³-hybridized carbons (Fsp3) is 0.368. The highest BCUT2D eigenvalue weighted by Crippen LogP contribution is 2.29. The molecule has 1 fully saturated rings. The van der Waals surface area contributed by atoms with Gasteiger partial charge in [0.15, 0.2) is 0 Å². The van der Waals surface area contributed by atoms with Crippen molar-refractivity contribution in [2.24, 2.45) is 5.92 Å². The summed E-state index contributed by atoms with van der Waals surface area (Å²) in [7, 11) is 0. The van der Waals surface area contributed by atoms with Gasteiger partial charge in [0.25, 0.3) is 5.91 Å². The number of hydrogen-bond acceptors (Lipinski definition) is 4. The first-order valence-corrected chi connectivity index (χ1v) is 9.29. The van der Waals surface area contributed by atoms with Crippen LogP contribution in [0.25, 0.3) is 0 Å². The highest BCUT2D eigenvalue weighted by Gasteiger charge is 2.34. The smallest absolute Gasteiger partial charge is 0.339 e. The zero-order valence-corrected chi connectivity index (χ0v) is 16.2. The molecule has 2 amide bonds. The van der Waals surface area contributed by atoms with Gasteiger partial charge in [0.1, 0.15) is 11.5 Å². The van der Waals surface area contributed by atoms with Gasteiger partial charge in [-0.25, -0.2) is 9.97 Å². The van der Waals surface area contributed by atoms with Gasteiger partial charge in [-0.1, -0.05) is 11.6 Å². The van der Waals surface area contributed by atoms with E-state index in [-0.39, 0.29) is 29.0 Å². The zero-order valence-electron chi connectivity index (χ0n) is 15.5. The van der Waals surface area contributed by atoms with Crippen molar-refractivity contribution in [3.05, 3.63) is 52.4 Å². The van der Waals surface area contributed by atoms with E-state index < -0.39 is 11.9 Å². The summed E-state index contributed by atoms with van der Waals surface area (Å²) in [6, 6.07) is 5.17. The summed E-state index contributed by atoms with van der Waals surface area (Å²) in [6.45, 7) is 2.03. The molecule has 1 aliphatic rings. The molecule has 0 aliphatic carbocycles. The topological polar surface area (TPSA) is 75.2 Å². The van der Waals surface area contributed by atoms with E-state index in [0.717, 1.165) is 12.1 Å². The molecular weight excluding hydrogens is 409 g/mol. The van der Waals surface area contributed by atoms with E-state index in [0.29, 0.717) is 36.8 Å². The molecule has 1 aliphatic heterocycles. The number of carbonyl (C=O) groups is 2. The normalized spacial score (nSPS) is 15.3. The van der Waals surface area contributed by atoms with E-state index >= 15 is 0 Å². The van der Waals surface area contributed by atoms with Crippen LogP contribution in [-0.4, -0.2) is 39.8 Å². The lowest BCUT2D eigenvalue weighted by molar-refractivity contribution is -0.141. The fourth-order valence-corrected chi connectivity index (χ4v) is 3.25. The maximum Gasteiger partial charge on any atom is 0.433 e. The number of likely N-dealkylation sites (tertiary alicyclic amines) is 1. The Morgan fingerprint density at radius 1 is 1.17 bits per heavy atom. The molecule has 0 saturated carbocycles. The molecule has 29 heavy (non-hydrogen) atoms. The van der Waals surface area contributed by atoms with Crippen molar-refractivity contribution < 1.29 is 22.8 Å². The molecule has 0 spiro atoms. The maximum atomic E-state index is 12.7. The third kappa shape index (κ3) is 5.03. The molecule has 10 heteroatoms. The quantitative estimate of drug-likeness (QED) is 0.806. The van der Waals surface area contributed by atoms with Crippen LogP contribution < -0.4 is 5.32 Å². The molecular formula is C19H18ClF3N4O2. The number of hydrogen-bond donors (Lipinski definition) is 1. The Kier molecular flexibility index (Phi) is 6.07. The Bertz CT molecular complexity index is 911. The van der Waals surface area contributed by atoms with Crippen LogP contribution in [0.2, 0.25) is 5.02 Å². The Hall–Kier alpha value is -2.68. The third-order valence-electron chi connectivity index (χ3n) is 4.74. The van der Waals surface area contributed by atoms with Crippen LogP contribution in [-0.2, 0) is 11.0 Å². The third-order valence-corrected chi connectivity index (χ3v) is 4.96. The summed E-state index contributed by atoms with van der Waals surface area (Å²) in [4.78, 5) is 34.1. The lowest BCUT2D eigenvalue weighted by atomic mass is 9.95. The molecule has 6 nitrogen and oxygen atoms in total. The first-order chi connectivity index (χ1) is 13.6. The predicted molar refractivity (Wildman–Crippen MR) is 100 cm³/mol. The van der Waals surface area contributed by atoms with Gasteiger partial charge in [-0.3, -0.25) is 9.59 Å². The van der Waals surface area contributed by atoms with Gasteiger partial charge in [-0.05, 0) is 44.0 Å². The SMILES string of the molecule is Cc1nc(C(F)(F)F)ccc1C(=O)N1CCC(C(=O)Nc2ccc(Cl)cn2)CC1. The van der Waals surface area contributed by atoms with Gasteiger partial charge in [-0.2, -0.15) is 13.2 Å². The first kappa shape index (κ1) is 21.0. The van der Waals surface area contributed by atoms with Crippen molar-refractivity contribution >= 4 is 29.2 Å².